The minimum atomic E-state index is -4.27. The summed E-state index contributed by atoms with van der Waals surface area (Å²) in [7, 11) is 0. The Morgan fingerprint density at radius 1 is 1.13 bits per heavy atom. The number of carbonyl (C=O) groups is 1. The highest BCUT2D eigenvalue weighted by Crippen LogP contribution is 2.58. The van der Waals surface area contributed by atoms with Gasteiger partial charge in [-0.2, -0.15) is 23.3 Å². The third-order valence-electron chi connectivity index (χ3n) is 6.17. The first-order valence-electron chi connectivity index (χ1n) is 11.7. The molecule has 11 nitrogen and oxygen atoms in total. The van der Waals surface area contributed by atoms with Gasteiger partial charge in [-0.05, 0) is 37.8 Å². The van der Waals surface area contributed by atoms with E-state index >= 15 is 0 Å². The van der Waals surface area contributed by atoms with Crippen LogP contribution in [0.1, 0.15) is 31.4 Å². The molecule has 1 amide bonds. The van der Waals surface area contributed by atoms with Gasteiger partial charge in [-0.15, -0.1) is 17.9 Å². The van der Waals surface area contributed by atoms with E-state index in [1.165, 1.54) is 24.7 Å². The van der Waals surface area contributed by atoms with E-state index in [1.807, 2.05) is 18.3 Å². The molecule has 1 aliphatic carbocycles. The molecule has 0 aromatic carbocycles. The summed E-state index contributed by atoms with van der Waals surface area (Å²) in [6, 6.07) is 5.13. The highest BCUT2D eigenvalue weighted by Gasteiger charge is 2.65. The predicted molar refractivity (Wildman–Crippen MR) is 135 cm³/mol. The maximum atomic E-state index is 13.3. The van der Waals surface area contributed by atoms with Gasteiger partial charge in [0.2, 0.25) is 12.4 Å². The van der Waals surface area contributed by atoms with Crippen molar-refractivity contribution >= 4 is 35.3 Å². The molecule has 1 saturated carbocycles. The fourth-order valence-electron chi connectivity index (χ4n) is 4.08. The number of hydrogen-bond donors (Lipinski definition) is 3. The van der Waals surface area contributed by atoms with Gasteiger partial charge in [0.05, 0.1) is 11.9 Å². The van der Waals surface area contributed by atoms with Crippen LogP contribution >= 0.6 is 0 Å². The van der Waals surface area contributed by atoms with Crippen molar-refractivity contribution in [3.05, 3.63) is 48.7 Å². The number of nitrogens with zero attached hydrogens (tertiary/aromatic N) is 7. The second-order valence-electron chi connectivity index (χ2n) is 8.52. The van der Waals surface area contributed by atoms with E-state index in [0.717, 1.165) is 31.4 Å². The number of hydrogen-bond acceptors (Lipinski definition) is 8. The molecular formula is C24H25F3N10O. The van der Waals surface area contributed by atoms with E-state index in [-0.39, 0.29) is 18.5 Å². The van der Waals surface area contributed by atoms with Crippen molar-refractivity contribution in [1.29, 1.82) is 0 Å². The number of aromatic amines is 1. The van der Waals surface area contributed by atoms with Gasteiger partial charge >= 0.3 is 6.18 Å². The second kappa shape index (κ2) is 11.2. The molecule has 4 aromatic rings. The number of carbonyl (C=O) groups excluding carboxylic acids is 1. The summed E-state index contributed by atoms with van der Waals surface area (Å²) < 4.78 is 41.7. The number of H-pyrrole nitrogens is 1. The van der Waals surface area contributed by atoms with Crippen LogP contribution in [0.2, 0.25) is 0 Å². The summed E-state index contributed by atoms with van der Waals surface area (Å²) in [5, 5.41) is 16.5. The molecule has 3 N–H and O–H groups in total. The third-order valence-corrected chi connectivity index (χ3v) is 6.17. The first-order chi connectivity index (χ1) is 18.4. The average molecular weight is 527 g/mol. The number of rotatable bonds is 6. The quantitative estimate of drug-likeness (QED) is 0.256. The van der Waals surface area contributed by atoms with E-state index < -0.39 is 11.6 Å². The molecule has 198 valence electrons. The lowest BCUT2D eigenvalue weighted by atomic mass is 10.0. The van der Waals surface area contributed by atoms with Crippen LogP contribution in [0.5, 0.6) is 0 Å². The molecule has 14 heteroatoms. The smallest absolute Gasteiger partial charge is 0.340 e. The molecule has 2 fully saturated rings. The number of aromatic nitrogens is 7. The predicted octanol–water partition coefficient (Wildman–Crippen LogP) is 3.68. The van der Waals surface area contributed by atoms with E-state index in [0.29, 0.717) is 29.8 Å². The van der Waals surface area contributed by atoms with Crippen LogP contribution in [-0.2, 0) is 10.2 Å². The van der Waals surface area contributed by atoms with E-state index in [9.17, 15) is 18.0 Å². The van der Waals surface area contributed by atoms with Crippen molar-refractivity contribution in [3.63, 3.8) is 0 Å². The monoisotopic (exact) mass is 526 g/mol. The Morgan fingerprint density at radius 3 is 2.53 bits per heavy atom. The molecule has 6 rings (SSSR count). The van der Waals surface area contributed by atoms with Gasteiger partial charge < -0.3 is 15.5 Å². The summed E-state index contributed by atoms with van der Waals surface area (Å²) >= 11 is 0. The number of alkyl halides is 3. The Kier molecular flexibility index (Phi) is 7.75. The first-order valence-corrected chi connectivity index (χ1v) is 11.7. The zero-order chi connectivity index (χ0) is 27.2. The van der Waals surface area contributed by atoms with Crippen molar-refractivity contribution in [2.75, 3.05) is 28.6 Å². The van der Waals surface area contributed by atoms with E-state index in [4.69, 9.17) is 0 Å². The average Bonchev–Trinajstić information content (AvgIpc) is 3.29. The second-order valence-corrected chi connectivity index (χ2v) is 8.52. The van der Waals surface area contributed by atoms with Crippen molar-refractivity contribution in [1.82, 2.24) is 34.8 Å². The number of amides is 1. The molecule has 4 aromatic heterocycles. The molecule has 0 radical (unpaired) electrons. The van der Waals surface area contributed by atoms with E-state index in [2.05, 4.69) is 58.6 Å². The van der Waals surface area contributed by atoms with Crippen molar-refractivity contribution in [2.24, 2.45) is 0 Å². The summed E-state index contributed by atoms with van der Waals surface area (Å²) in [4.78, 5) is 24.0. The highest BCUT2D eigenvalue weighted by atomic mass is 19.4. The van der Waals surface area contributed by atoms with E-state index in [1.54, 1.807) is 4.52 Å². The van der Waals surface area contributed by atoms with Crippen LogP contribution < -0.4 is 15.5 Å². The van der Waals surface area contributed by atoms with Gasteiger partial charge in [0, 0.05) is 37.7 Å². The summed E-state index contributed by atoms with van der Waals surface area (Å²) in [5.74, 6) is 1.90. The van der Waals surface area contributed by atoms with Gasteiger partial charge in [-0.1, -0.05) is 0 Å². The molecule has 0 bridgehead atoms. The van der Waals surface area contributed by atoms with Gasteiger partial charge in [-0.25, -0.2) is 9.50 Å². The van der Waals surface area contributed by atoms with Crippen LogP contribution in [0.15, 0.2) is 43.0 Å². The third kappa shape index (κ3) is 5.51. The number of halogens is 3. The molecule has 5 heterocycles. The Bertz CT molecular complexity index is 1370. The SMILES string of the molecule is C#C.FC(F)(F)C1(c2cc(Nc3nc(N4CCCC4)nn4cccc34)n[nH]2)CC1.O=CNc1cnccn1. The Balaban J connectivity index is 0.000000259. The van der Waals surface area contributed by atoms with Crippen molar-refractivity contribution in [3.8, 4) is 12.8 Å². The standard InChI is InChI=1S/C17H18F3N7.C5H5N3O.C2H2/c18-17(19,20)16(5-6-16)12-10-13(24-23-12)21-14-11-4-3-9-27(11)25-15(22-14)26-7-1-2-8-26;9-4-8-5-3-6-1-2-7-5;1-2/h3-4,9-10H,1-2,5-8H2,(H2,21,22,23,24,25);1-4H,(H,7,8,9);1-2H. The number of fused-ring (bicyclic) bond motifs is 1. The Hall–Kier alpha value is -4.67. The number of anilines is 4. The van der Waals surface area contributed by atoms with Crippen LogP contribution in [0.4, 0.5) is 36.6 Å². The zero-order valence-corrected chi connectivity index (χ0v) is 20.2. The maximum Gasteiger partial charge on any atom is 0.399 e. The van der Waals surface area contributed by atoms with Crippen LogP contribution in [0.25, 0.3) is 5.52 Å². The fraction of sp³-hybridized carbons (Fsp3) is 0.333. The Morgan fingerprint density at radius 2 is 1.89 bits per heavy atom. The van der Waals surface area contributed by atoms with Crippen LogP contribution in [0, 0.1) is 12.8 Å². The lowest BCUT2D eigenvalue weighted by molar-refractivity contribution is -0.161. The molecule has 1 aliphatic heterocycles. The summed E-state index contributed by atoms with van der Waals surface area (Å²) in [5.41, 5.74) is -0.950. The first kappa shape index (κ1) is 26.4. The largest absolute Gasteiger partial charge is 0.399 e. The van der Waals surface area contributed by atoms with Gasteiger partial charge in [-0.3, -0.25) is 14.9 Å². The molecule has 1 saturated heterocycles. The number of terminal acetylenes is 1. The topological polar surface area (TPSA) is 129 Å². The van der Waals surface area contributed by atoms with Crippen molar-refractivity contribution < 1.29 is 18.0 Å². The summed E-state index contributed by atoms with van der Waals surface area (Å²) in [6.07, 6.45) is 13.0. The number of nitrogens with one attached hydrogen (secondary N) is 3. The summed E-state index contributed by atoms with van der Waals surface area (Å²) in [6.45, 7) is 1.79. The fourth-order valence-corrected chi connectivity index (χ4v) is 4.08. The zero-order valence-electron chi connectivity index (χ0n) is 20.2. The van der Waals surface area contributed by atoms with Gasteiger partial charge in [0.15, 0.2) is 17.5 Å². The van der Waals surface area contributed by atoms with Crippen LogP contribution in [-0.4, -0.2) is 60.4 Å². The van der Waals surface area contributed by atoms with Crippen molar-refractivity contribution in [2.45, 2.75) is 37.3 Å². The highest BCUT2D eigenvalue weighted by molar-refractivity contribution is 5.73. The molecule has 0 unspecified atom stereocenters. The maximum absolute atomic E-state index is 13.3. The normalized spacial score (nSPS) is 15.6. The van der Waals surface area contributed by atoms with Crippen LogP contribution in [0.3, 0.4) is 0 Å². The molecular weight excluding hydrogens is 501 g/mol. The molecule has 0 spiro atoms. The lowest BCUT2D eigenvalue weighted by Gasteiger charge is -2.17. The minimum absolute atomic E-state index is 0.0910. The van der Waals surface area contributed by atoms with Gasteiger partial charge in [0.25, 0.3) is 0 Å². The molecule has 2 aliphatic rings. The molecule has 0 atom stereocenters. The molecule has 38 heavy (non-hydrogen) atoms. The van der Waals surface area contributed by atoms with Gasteiger partial charge in [0.1, 0.15) is 10.9 Å². The minimum Gasteiger partial charge on any atom is -0.340 e. The lowest BCUT2D eigenvalue weighted by Crippen LogP contribution is -2.28. The Labute approximate surface area is 215 Å².